The molecular formula is C15H21N3O2. The van der Waals surface area contributed by atoms with Crippen molar-refractivity contribution < 1.29 is 9.53 Å². The lowest BCUT2D eigenvalue weighted by Crippen LogP contribution is -2.38. The standard InChI is InChI=1S/C15H21N3O2/c19-15(11-5-8-20-9-11)18-6-3-12-13(4-7-18)16-17-14(12)10-1-2-10/h10-11H,1-9H2,(H,16,17). The summed E-state index contributed by atoms with van der Waals surface area (Å²) in [6, 6.07) is 0. The fourth-order valence-electron chi connectivity index (χ4n) is 3.41. The Labute approximate surface area is 118 Å². The molecule has 0 spiro atoms. The molecule has 3 heterocycles. The van der Waals surface area contributed by atoms with Crippen molar-refractivity contribution in [1.82, 2.24) is 15.1 Å². The Morgan fingerprint density at radius 2 is 2.10 bits per heavy atom. The van der Waals surface area contributed by atoms with Crippen LogP contribution >= 0.6 is 0 Å². The van der Waals surface area contributed by atoms with Crippen molar-refractivity contribution in [1.29, 1.82) is 0 Å². The van der Waals surface area contributed by atoms with Crippen LogP contribution in [0.5, 0.6) is 0 Å². The first-order valence-corrected chi connectivity index (χ1v) is 7.75. The van der Waals surface area contributed by atoms with E-state index >= 15 is 0 Å². The Morgan fingerprint density at radius 3 is 2.85 bits per heavy atom. The van der Waals surface area contributed by atoms with E-state index in [1.54, 1.807) is 0 Å². The van der Waals surface area contributed by atoms with E-state index in [0.717, 1.165) is 39.0 Å². The van der Waals surface area contributed by atoms with E-state index in [9.17, 15) is 4.79 Å². The number of hydrogen-bond acceptors (Lipinski definition) is 3. The zero-order valence-corrected chi connectivity index (χ0v) is 11.7. The van der Waals surface area contributed by atoms with E-state index < -0.39 is 0 Å². The van der Waals surface area contributed by atoms with Gasteiger partial charge in [0.25, 0.3) is 0 Å². The molecule has 1 amide bonds. The van der Waals surface area contributed by atoms with Crippen LogP contribution in [0.1, 0.15) is 42.1 Å². The number of amides is 1. The molecule has 5 heteroatoms. The van der Waals surface area contributed by atoms with Crippen molar-refractivity contribution in [2.24, 2.45) is 5.92 Å². The summed E-state index contributed by atoms with van der Waals surface area (Å²) in [5.41, 5.74) is 3.92. The number of H-pyrrole nitrogens is 1. The van der Waals surface area contributed by atoms with Crippen molar-refractivity contribution >= 4 is 5.91 Å². The molecule has 1 N–H and O–H groups in total. The van der Waals surface area contributed by atoms with E-state index in [4.69, 9.17) is 4.74 Å². The van der Waals surface area contributed by atoms with Crippen LogP contribution in [0, 0.1) is 5.92 Å². The molecule has 4 rings (SSSR count). The molecule has 0 bridgehead atoms. The number of fused-ring (bicyclic) bond motifs is 1. The summed E-state index contributed by atoms with van der Waals surface area (Å²) in [5.74, 6) is 1.06. The highest BCUT2D eigenvalue weighted by Gasteiger charge is 2.33. The second kappa shape index (κ2) is 4.88. The van der Waals surface area contributed by atoms with Crippen LogP contribution in [0.3, 0.4) is 0 Å². The van der Waals surface area contributed by atoms with E-state index in [1.807, 2.05) is 4.90 Å². The van der Waals surface area contributed by atoms with Gasteiger partial charge in [-0.1, -0.05) is 0 Å². The average molecular weight is 275 g/mol. The first-order valence-electron chi connectivity index (χ1n) is 7.75. The van der Waals surface area contributed by atoms with Crippen LogP contribution in [0.15, 0.2) is 0 Å². The maximum atomic E-state index is 12.5. The number of nitrogens with one attached hydrogen (secondary N) is 1. The predicted octanol–water partition coefficient (Wildman–Crippen LogP) is 1.25. The molecule has 1 atom stereocenters. The largest absolute Gasteiger partial charge is 0.381 e. The third-order valence-corrected chi connectivity index (χ3v) is 4.80. The van der Waals surface area contributed by atoms with Crippen molar-refractivity contribution in [2.75, 3.05) is 26.3 Å². The fourth-order valence-corrected chi connectivity index (χ4v) is 3.41. The normalized spacial score (nSPS) is 26.4. The van der Waals surface area contributed by atoms with Crippen LogP contribution in [0.2, 0.25) is 0 Å². The van der Waals surface area contributed by atoms with Crippen molar-refractivity contribution in [3.05, 3.63) is 17.0 Å². The van der Waals surface area contributed by atoms with E-state index in [-0.39, 0.29) is 11.8 Å². The maximum Gasteiger partial charge on any atom is 0.228 e. The van der Waals surface area contributed by atoms with Gasteiger partial charge < -0.3 is 9.64 Å². The molecule has 1 saturated heterocycles. The molecule has 3 aliphatic rings. The zero-order chi connectivity index (χ0) is 13.5. The number of nitrogens with zero attached hydrogens (tertiary/aromatic N) is 2. The lowest BCUT2D eigenvalue weighted by molar-refractivity contribution is -0.135. The monoisotopic (exact) mass is 275 g/mol. The number of hydrogen-bond donors (Lipinski definition) is 1. The zero-order valence-electron chi connectivity index (χ0n) is 11.7. The highest BCUT2D eigenvalue weighted by molar-refractivity contribution is 5.79. The molecule has 0 aromatic carbocycles. The molecule has 20 heavy (non-hydrogen) atoms. The number of carbonyl (C=O) groups is 1. The molecule has 1 aromatic heterocycles. The minimum absolute atomic E-state index is 0.0902. The van der Waals surface area contributed by atoms with E-state index in [2.05, 4.69) is 10.2 Å². The first-order chi connectivity index (χ1) is 9.83. The molecule has 1 aliphatic carbocycles. The third kappa shape index (κ3) is 2.14. The fraction of sp³-hybridized carbons (Fsp3) is 0.733. The molecule has 108 valence electrons. The number of carbonyl (C=O) groups excluding carboxylic acids is 1. The average Bonchev–Trinajstić information content (AvgIpc) is 3.07. The number of aromatic nitrogens is 2. The summed E-state index contributed by atoms with van der Waals surface area (Å²) in [5, 5.41) is 7.70. The highest BCUT2D eigenvalue weighted by atomic mass is 16.5. The molecular weight excluding hydrogens is 254 g/mol. The van der Waals surface area contributed by atoms with Crippen LogP contribution in [0.25, 0.3) is 0 Å². The molecule has 1 unspecified atom stereocenters. The summed E-state index contributed by atoms with van der Waals surface area (Å²) in [7, 11) is 0. The molecule has 1 aromatic rings. The topological polar surface area (TPSA) is 58.2 Å². The van der Waals surface area contributed by atoms with Gasteiger partial charge in [-0.05, 0) is 31.2 Å². The van der Waals surface area contributed by atoms with Gasteiger partial charge in [0.15, 0.2) is 0 Å². The van der Waals surface area contributed by atoms with Gasteiger partial charge in [0.05, 0.1) is 18.2 Å². The third-order valence-electron chi connectivity index (χ3n) is 4.80. The Balaban J connectivity index is 1.47. The smallest absolute Gasteiger partial charge is 0.228 e. The number of aromatic amines is 1. The Kier molecular flexibility index (Phi) is 3.02. The van der Waals surface area contributed by atoms with Gasteiger partial charge in [-0.2, -0.15) is 5.10 Å². The summed E-state index contributed by atoms with van der Waals surface area (Å²) in [6.07, 6.45) is 5.31. The van der Waals surface area contributed by atoms with Gasteiger partial charge >= 0.3 is 0 Å². The summed E-state index contributed by atoms with van der Waals surface area (Å²) < 4.78 is 5.34. The summed E-state index contributed by atoms with van der Waals surface area (Å²) >= 11 is 0. The Morgan fingerprint density at radius 1 is 1.25 bits per heavy atom. The van der Waals surface area contributed by atoms with Crippen LogP contribution in [-0.4, -0.2) is 47.3 Å². The Bertz CT molecular complexity index is 515. The summed E-state index contributed by atoms with van der Waals surface area (Å²) in [4.78, 5) is 14.5. The van der Waals surface area contributed by atoms with Gasteiger partial charge in [0.2, 0.25) is 5.91 Å². The van der Waals surface area contributed by atoms with Crippen LogP contribution in [0.4, 0.5) is 0 Å². The van der Waals surface area contributed by atoms with Gasteiger partial charge in [0.1, 0.15) is 0 Å². The minimum atomic E-state index is 0.0902. The van der Waals surface area contributed by atoms with Gasteiger partial charge in [-0.3, -0.25) is 9.89 Å². The molecule has 5 nitrogen and oxygen atoms in total. The quantitative estimate of drug-likeness (QED) is 0.883. The second-order valence-electron chi connectivity index (χ2n) is 6.23. The lowest BCUT2D eigenvalue weighted by atomic mass is 10.1. The summed E-state index contributed by atoms with van der Waals surface area (Å²) in [6.45, 7) is 2.99. The Hall–Kier alpha value is -1.36. The van der Waals surface area contributed by atoms with E-state index in [1.165, 1.54) is 29.8 Å². The van der Waals surface area contributed by atoms with E-state index in [0.29, 0.717) is 12.5 Å². The van der Waals surface area contributed by atoms with Crippen molar-refractivity contribution in [3.63, 3.8) is 0 Å². The number of ether oxygens (including phenoxy) is 1. The SMILES string of the molecule is O=C(C1CCOC1)N1CCc2[nH]nc(C3CC3)c2CC1. The second-order valence-corrected chi connectivity index (χ2v) is 6.23. The lowest BCUT2D eigenvalue weighted by Gasteiger charge is -2.23. The first kappa shape index (κ1) is 12.4. The van der Waals surface area contributed by atoms with Crippen LogP contribution < -0.4 is 0 Å². The molecule has 2 aliphatic heterocycles. The van der Waals surface area contributed by atoms with Gasteiger partial charge in [0, 0.05) is 37.7 Å². The molecule has 2 fully saturated rings. The van der Waals surface area contributed by atoms with Gasteiger partial charge in [-0.25, -0.2) is 0 Å². The molecule has 0 radical (unpaired) electrons. The van der Waals surface area contributed by atoms with Crippen molar-refractivity contribution in [3.8, 4) is 0 Å². The van der Waals surface area contributed by atoms with Gasteiger partial charge in [-0.15, -0.1) is 0 Å². The number of rotatable bonds is 2. The van der Waals surface area contributed by atoms with Crippen molar-refractivity contribution in [2.45, 2.75) is 38.0 Å². The predicted molar refractivity (Wildman–Crippen MR) is 73.5 cm³/mol. The molecule has 1 saturated carbocycles. The maximum absolute atomic E-state index is 12.5. The minimum Gasteiger partial charge on any atom is -0.381 e. The van der Waals surface area contributed by atoms with Crippen LogP contribution in [-0.2, 0) is 22.4 Å². The highest BCUT2D eigenvalue weighted by Crippen LogP contribution is 2.41.